The number of carbonyl (C=O) groups excluding carboxylic acids is 1. The summed E-state index contributed by atoms with van der Waals surface area (Å²) in [6.45, 7) is 2.92. The van der Waals surface area contributed by atoms with E-state index < -0.39 is 0 Å². The number of benzene rings is 1. The second-order valence-corrected chi connectivity index (χ2v) is 7.67. The van der Waals surface area contributed by atoms with Crippen molar-refractivity contribution < 1.29 is 4.79 Å². The average Bonchev–Trinajstić information content (AvgIpc) is 3.41. The highest BCUT2D eigenvalue weighted by Crippen LogP contribution is 2.28. The molecule has 2 aromatic heterocycles. The summed E-state index contributed by atoms with van der Waals surface area (Å²) >= 11 is 0. The van der Waals surface area contributed by atoms with Crippen molar-refractivity contribution in [2.75, 3.05) is 19.6 Å². The van der Waals surface area contributed by atoms with Gasteiger partial charge in [-0.2, -0.15) is 5.10 Å². The first kappa shape index (κ1) is 17.9. The Morgan fingerprint density at radius 2 is 1.93 bits per heavy atom. The molecule has 0 aliphatic carbocycles. The van der Waals surface area contributed by atoms with Crippen molar-refractivity contribution in [1.29, 1.82) is 0 Å². The first-order valence-corrected chi connectivity index (χ1v) is 10.1. The number of carbonyl (C=O) groups is 1. The van der Waals surface area contributed by atoms with Gasteiger partial charge in [-0.1, -0.05) is 30.3 Å². The topological polar surface area (TPSA) is 85.9 Å². The maximum Gasteiger partial charge on any atom is 0.317 e. The number of nitrogens with one attached hydrogen (secondary N) is 3. The number of hydrogen-bond acceptors (Lipinski definition) is 4. The van der Waals surface area contributed by atoms with Gasteiger partial charge < -0.3 is 15.5 Å². The van der Waals surface area contributed by atoms with Crippen molar-refractivity contribution in [2.45, 2.75) is 24.9 Å². The summed E-state index contributed by atoms with van der Waals surface area (Å²) in [6.07, 6.45) is 4.31. The molecular weight excluding hydrogens is 364 g/mol. The molecule has 4 heterocycles. The molecule has 29 heavy (non-hydrogen) atoms. The van der Waals surface area contributed by atoms with Crippen LogP contribution in [0.5, 0.6) is 0 Å². The van der Waals surface area contributed by atoms with Crippen LogP contribution in [0.2, 0.25) is 0 Å². The third kappa shape index (κ3) is 3.49. The minimum absolute atomic E-state index is 0.00726. The summed E-state index contributed by atoms with van der Waals surface area (Å²) in [5.41, 5.74) is 5.40. The third-order valence-corrected chi connectivity index (χ3v) is 5.93. The summed E-state index contributed by atoms with van der Waals surface area (Å²) in [4.78, 5) is 19.0. The van der Waals surface area contributed by atoms with E-state index in [1.54, 1.807) is 12.4 Å². The van der Waals surface area contributed by atoms with Gasteiger partial charge in [-0.3, -0.25) is 10.1 Å². The van der Waals surface area contributed by atoms with E-state index in [-0.39, 0.29) is 12.1 Å². The number of hydrogen-bond donors (Lipinski definition) is 3. The van der Waals surface area contributed by atoms with Gasteiger partial charge in [0.15, 0.2) is 0 Å². The number of rotatable bonds is 3. The molecule has 0 spiro atoms. The standard InChI is InChI=1S/C22H24N6O/c29-22(25-20-13-24-12-17(20)15-4-2-1-3-5-15)28-11-8-19-18(14-28)21(27-26-19)16-6-9-23-10-7-16/h1-7,9-10,17,20,24H,8,11-14H2,(H,25,29)(H,26,27). The van der Waals surface area contributed by atoms with E-state index in [4.69, 9.17) is 0 Å². The lowest BCUT2D eigenvalue weighted by molar-refractivity contribution is 0.188. The van der Waals surface area contributed by atoms with Gasteiger partial charge in [0.05, 0.1) is 18.3 Å². The fourth-order valence-electron chi connectivity index (χ4n) is 4.35. The van der Waals surface area contributed by atoms with Gasteiger partial charge in [0.25, 0.3) is 0 Å². The van der Waals surface area contributed by atoms with Crippen molar-refractivity contribution >= 4 is 6.03 Å². The molecule has 7 nitrogen and oxygen atoms in total. The number of aromatic amines is 1. The van der Waals surface area contributed by atoms with Crippen LogP contribution in [0.4, 0.5) is 4.79 Å². The van der Waals surface area contributed by atoms with Gasteiger partial charge >= 0.3 is 6.03 Å². The van der Waals surface area contributed by atoms with Crippen LogP contribution < -0.4 is 10.6 Å². The number of fused-ring (bicyclic) bond motifs is 1. The van der Waals surface area contributed by atoms with E-state index in [1.807, 2.05) is 23.1 Å². The highest BCUT2D eigenvalue weighted by Gasteiger charge is 2.32. The molecule has 1 aromatic carbocycles. The van der Waals surface area contributed by atoms with Crippen LogP contribution in [-0.2, 0) is 13.0 Å². The number of nitrogens with zero attached hydrogens (tertiary/aromatic N) is 3. The average molecular weight is 388 g/mol. The Morgan fingerprint density at radius 1 is 1.10 bits per heavy atom. The third-order valence-electron chi connectivity index (χ3n) is 5.93. The van der Waals surface area contributed by atoms with Gasteiger partial charge in [0, 0.05) is 61.2 Å². The minimum atomic E-state index is -0.00726. The number of urea groups is 1. The monoisotopic (exact) mass is 388 g/mol. The van der Waals surface area contributed by atoms with E-state index >= 15 is 0 Å². The fraction of sp³-hybridized carbons (Fsp3) is 0.318. The van der Waals surface area contributed by atoms with Crippen LogP contribution >= 0.6 is 0 Å². The lowest BCUT2D eigenvalue weighted by Gasteiger charge is -2.30. The second-order valence-electron chi connectivity index (χ2n) is 7.67. The van der Waals surface area contributed by atoms with E-state index in [0.717, 1.165) is 42.0 Å². The molecule has 2 amide bonds. The van der Waals surface area contributed by atoms with Gasteiger partial charge in [-0.25, -0.2) is 4.79 Å². The van der Waals surface area contributed by atoms with Crippen LogP contribution in [0.1, 0.15) is 22.7 Å². The SMILES string of the molecule is O=C(NC1CNCC1c1ccccc1)N1CCc2[nH]nc(-c3ccncc3)c2C1. The summed E-state index contributed by atoms with van der Waals surface area (Å²) in [6, 6.07) is 14.4. The molecule has 2 aliphatic heterocycles. The Bertz CT molecular complexity index is 987. The first-order valence-electron chi connectivity index (χ1n) is 10.1. The van der Waals surface area contributed by atoms with Gasteiger partial charge in [0.2, 0.25) is 0 Å². The Kier molecular flexibility index (Phi) is 4.73. The lowest BCUT2D eigenvalue weighted by Crippen LogP contribution is -2.48. The Labute approximate surface area is 169 Å². The summed E-state index contributed by atoms with van der Waals surface area (Å²) in [5, 5.41) is 14.3. The Morgan fingerprint density at radius 3 is 2.76 bits per heavy atom. The molecular formula is C22H24N6O. The number of amides is 2. The number of H-pyrrole nitrogens is 1. The van der Waals surface area contributed by atoms with Gasteiger partial charge in [-0.05, 0) is 17.7 Å². The molecule has 3 aromatic rings. The molecule has 0 bridgehead atoms. The maximum atomic E-state index is 13.1. The molecule has 3 N–H and O–H groups in total. The summed E-state index contributed by atoms with van der Waals surface area (Å²) in [5.74, 6) is 0.293. The lowest BCUT2D eigenvalue weighted by atomic mass is 9.94. The Balaban J connectivity index is 1.31. The zero-order chi connectivity index (χ0) is 19.6. The maximum absolute atomic E-state index is 13.1. The number of pyridine rings is 1. The van der Waals surface area contributed by atoms with Crippen LogP contribution in [0, 0.1) is 0 Å². The van der Waals surface area contributed by atoms with Crippen molar-refractivity contribution in [3.63, 3.8) is 0 Å². The van der Waals surface area contributed by atoms with E-state index in [0.29, 0.717) is 19.0 Å². The van der Waals surface area contributed by atoms with Crippen LogP contribution in [0.15, 0.2) is 54.9 Å². The highest BCUT2D eigenvalue weighted by atomic mass is 16.2. The van der Waals surface area contributed by atoms with Crippen molar-refractivity contribution in [1.82, 2.24) is 30.7 Å². The van der Waals surface area contributed by atoms with Crippen LogP contribution in [0.3, 0.4) is 0 Å². The molecule has 0 radical (unpaired) electrons. The van der Waals surface area contributed by atoms with Gasteiger partial charge in [-0.15, -0.1) is 0 Å². The van der Waals surface area contributed by atoms with Crippen molar-refractivity contribution in [2.24, 2.45) is 0 Å². The predicted octanol–water partition coefficient (Wildman–Crippen LogP) is 2.29. The molecule has 2 atom stereocenters. The molecule has 148 valence electrons. The summed E-state index contributed by atoms with van der Waals surface area (Å²) in [7, 11) is 0. The quantitative estimate of drug-likeness (QED) is 0.643. The molecule has 5 rings (SSSR count). The normalized spacial score (nSPS) is 21.0. The zero-order valence-electron chi connectivity index (χ0n) is 16.1. The predicted molar refractivity (Wildman–Crippen MR) is 110 cm³/mol. The second kappa shape index (κ2) is 7.67. The minimum Gasteiger partial charge on any atom is -0.333 e. The molecule has 2 unspecified atom stereocenters. The van der Waals surface area contributed by atoms with E-state index in [9.17, 15) is 4.79 Å². The molecule has 0 saturated carbocycles. The van der Waals surface area contributed by atoms with Crippen LogP contribution in [-0.4, -0.2) is 51.8 Å². The molecule has 1 saturated heterocycles. The van der Waals surface area contributed by atoms with E-state index in [1.165, 1.54) is 5.56 Å². The largest absolute Gasteiger partial charge is 0.333 e. The molecule has 1 fully saturated rings. The number of aromatic nitrogens is 3. The Hall–Kier alpha value is -3.19. The van der Waals surface area contributed by atoms with Crippen molar-refractivity contribution in [3.8, 4) is 11.3 Å². The molecule has 2 aliphatic rings. The molecule has 7 heteroatoms. The first-order chi connectivity index (χ1) is 14.3. The van der Waals surface area contributed by atoms with Crippen molar-refractivity contribution in [3.05, 3.63) is 71.7 Å². The van der Waals surface area contributed by atoms with Crippen LogP contribution in [0.25, 0.3) is 11.3 Å². The smallest absolute Gasteiger partial charge is 0.317 e. The van der Waals surface area contributed by atoms with Gasteiger partial charge in [0.1, 0.15) is 0 Å². The highest BCUT2D eigenvalue weighted by molar-refractivity contribution is 5.76. The van der Waals surface area contributed by atoms with E-state index in [2.05, 4.69) is 50.1 Å². The fourth-order valence-corrected chi connectivity index (χ4v) is 4.35. The summed E-state index contributed by atoms with van der Waals surface area (Å²) < 4.78 is 0. The zero-order valence-corrected chi connectivity index (χ0v) is 16.1.